The van der Waals surface area contributed by atoms with Crippen molar-refractivity contribution < 1.29 is 13.9 Å². The Kier molecular flexibility index (Phi) is 5.99. The molecule has 0 fully saturated rings. The summed E-state index contributed by atoms with van der Waals surface area (Å²) in [6.45, 7) is 2.97. The van der Waals surface area contributed by atoms with Gasteiger partial charge in [-0.2, -0.15) is 0 Å². The molecular formula is C28H26FN3O3. The summed E-state index contributed by atoms with van der Waals surface area (Å²) >= 11 is 0. The molecule has 2 heterocycles. The fourth-order valence-electron chi connectivity index (χ4n) is 4.57. The standard InChI is InChI=1S/C28H26FN3O3/c1-18-5-4-6-20(13-18)16-32-23-9-8-21(29)15-22(23)26-27(32)28(33)31(17-30-26)12-11-19-7-10-24(34-2)25(14-19)35-3/h4-10,13-15,17H,11-12,16H2,1-3H3. The van der Waals surface area contributed by atoms with Crippen molar-refractivity contribution in [3.8, 4) is 11.5 Å². The number of hydrogen-bond acceptors (Lipinski definition) is 4. The van der Waals surface area contributed by atoms with Gasteiger partial charge in [-0.3, -0.25) is 9.36 Å². The Balaban J connectivity index is 1.58. The quantitative estimate of drug-likeness (QED) is 0.331. The number of rotatable bonds is 7. The number of benzene rings is 3. The van der Waals surface area contributed by atoms with E-state index >= 15 is 0 Å². The zero-order valence-electron chi connectivity index (χ0n) is 19.9. The Morgan fingerprint density at radius 2 is 1.77 bits per heavy atom. The van der Waals surface area contributed by atoms with Crippen LogP contribution in [0.2, 0.25) is 0 Å². The van der Waals surface area contributed by atoms with Gasteiger partial charge >= 0.3 is 0 Å². The lowest BCUT2D eigenvalue weighted by Crippen LogP contribution is -2.23. The van der Waals surface area contributed by atoms with E-state index in [1.54, 1.807) is 31.2 Å². The van der Waals surface area contributed by atoms with Crippen molar-refractivity contribution in [2.75, 3.05) is 14.2 Å². The number of ether oxygens (including phenoxy) is 2. The number of aromatic nitrogens is 3. The smallest absolute Gasteiger partial charge is 0.277 e. The molecule has 6 nitrogen and oxygen atoms in total. The monoisotopic (exact) mass is 471 g/mol. The highest BCUT2D eigenvalue weighted by molar-refractivity contribution is 6.05. The van der Waals surface area contributed by atoms with Gasteiger partial charge in [0.25, 0.3) is 5.56 Å². The first kappa shape index (κ1) is 22.7. The lowest BCUT2D eigenvalue weighted by Gasteiger charge is -2.11. The molecule has 3 aromatic carbocycles. The summed E-state index contributed by atoms with van der Waals surface area (Å²) in [6, 6.07) is 18.5. The number of aryl methyl sites for hydroxylation is 3. The Hall–Kier alpha value is -4.13. The topological polar surface area (TPSA) is 58.3 Å². The van der Waals surface area contributed by atoms with Crippen LogP contribution in [-0.4, -0.2) is 28.3 Å². The van der Waals surface area contributed by atoms with Gasteiger partial charge in [0.1, 0.15) is 16.9 Å². The van der Waals surface area contributed by atoms with Crippen LogP contribution in [0.4, 0.5) is 4.39 Å². The van der Waals surface area contributed by atoms with Gasteiger partial charge in [-0.05, 0) is 54.8 Å². The second kappa shape index (κ2) is 9.25. The summed E-state index contributed by atoms with van der Waals surface area (Å²) in [5.74, 6) is 0.946. The van der Waals surface area contributed by atoms with Gasteiger partial charge in [0.05, 0.1) is 26.1 Å². The minimum Gasteiger partial charge on any atom is -0.493 e. The van der Waals surface area contributed by atoms with E-state index in [0.717, 1.165) is 22.2 Å². The SMILES string of the molecule is COc1ccc(CCn2cnc3c4cc(F)ccc4n(Cc4cccc(C)c4)c3c2=O)cc1OC. The highest BCUT2D eigenvalue weighted by Gasteiger charge is 2.18. The Morgan fingerprint density at radius 1 is 0.943 bits per heavy atom. The largest absolute Gasteiger partial charge is 0.493 e. The molecule has 0 aliphatic heterocycles. The number of methoxy groups -OCH3 is 2. The van der Waals surface area contributed by atoms with Gasteiger partial charge in [-0.1, -0.05) is 35.9 Å². The maximum atomic E-state index is 14.1. The minimum atomic E-state index is -0.355. The van der Waals surface area contributed by atoms with E-state index < -0.39 is 0 Å². The summed E-state index contributed by atoms with van der Waals surface area (Å²) in [7, 11) is 3.19. The van der Waals surface area contributed by atoms with E-state index in [1.807, 2.05) is 47.9 Å². The van der Waals surface area contributed by atoms with Crippen molar-refractivity contribution in [2.24, 2.45) is 0 Å². The maximum absolute atomic E-state index is 14.1. The highest BCUT2D eigenvalue weighted by atomic mass is 19.1. The third-order valence-corrected chi connectivity index (χ3v) is 6.30. The molecule has 0 atom stereocenters. The molecule has 0 amide bonds. The predicted octanol–water partition coefficient (Wildman–Crippen LogP) is 5.11. The number of hydrogen-bond donors (Lipinski definition) is 0. The van der Waals surface area contributed by atoms with E-state index in [0.29, 0.717) is 47.4 Å². The molecule has 0 saturated heterocycles. The summed E-state index contributed by atoms with van der Waals surface area (Å²) in [4.78, 5) is 18.3. The van der Waals surface area contributed by atoms with Crippen LogP contribution in [0.5, 0.6) is 11.5 Å². The Labute approximate surface area is 202 Å². The van der Waals surface area contributed by atoms with Crippen LogP contribution in [0.1, 0.15) is 16.7 Å². The molecule has 5 rings (SSSR count). The van der Waals surface area contributed by atoms with Gasteiger partial charge in [0.2, 0.25) is 0 Å². The van der Waals surface area contributed by atoms with Crippen LogP contribution < -0.4 is 15.0 Å². The Morgan fingerprint density at radius 3 is 2.54 bits per heavy atom. The number of nitrogens with zero attached hydrogens (tertiary/aromatic N) is 3. The molecule has 0 bridgehead atoms. The molecule has 0 saturated carbocycles. The van der Waals surface area contributed by atoms with Crippen molar-refractivity contribution in [3.63, 3.8) is 0 Å². The first-order valence-corrected chi connectivity index (χ1v) is 11.4. The third-order valence-electron chi connectivity index (χ3n) is 6.30. The fourth-order valence-corrected chi connectivity index (χ4v) is 4.57. The maximum Gasteiger partial charge on any atom is 0.277 e. The van der Waals surface area contributed by atoms with E-state index in [4.69, 9.17) is 9.47 Å². The minimum absolute atomic E-state index is 0.153. The second-order valence-electron chi connectivity index (χ2n) is 8.62. The van der Waals surface area contributed by atoms with Crippen molar-refractivity contribution in [2.45, 2.75) is 26.4 Å². The summed E-state index contributed by atoms with van der Waals surface area (Å²) < 4.78 is 28.4. The Bertz CT molecular complexity index is 1600. The van der Waals surface area contributed by atoms with Crippen LogP contribution in [0.25, 0.3) is 21.9 Å². The molecular weight excluding hydrogens is 445 g/mol. The molecule has 178 valence electrons. The highest BCUT2D eigenvalue weighted by Crippen LogP contribution is 2.29. The summed E-state index contributed by atoms with van der Waals surface area (Å²) in [5.41, 5.74) is 4.83. The molecule has 0 unspecified atom stereocenters. The normalized spacial score (nSPS) is 11.3. The zero-order chi connectivity index (χ0) is 24.5. The lowest BCUT2D eigenvalue weighted by molar-refractivity contribution is 0.354. The van der Waals surface area contributed by atoms with Crippen molar-refractivity contribution >= 4 is 21.9 Å². The van der Waals surface area contributed by atoms with E-state index in [2.05, 4.69) is 11.1 Å². The van der Waals surface area contributed by atoms with Gasteiger partial charge in [0.15, 0.2) is 11.5 Å². The first-order valence-electron chi connectivity index (χ1n) is 11.4. The lowest BCUT2D eigenvalue weighted by atomic mass is 10.1. The first-order chi connectivity index (χ1) is 17.0. The summed E-state index contributed by atoms with van der Waals surface area (Å²) in [6.07, 6.45) is 2.16. The van der Waals surface area contributed by atoms with Crippen LogP contribution in [0.3, 0.4) is 0 Å². The van der Waals surface area contributed by atoms with Crippen LogP contribution in [0.15, 0.2) is 71.8 Å². The van der Waals surface area contributed by atoms with Gasteiger partial charge in [0, 0.05) is 18.5 Å². The van der Waals surface area contributed by atoms with Gasteiger partial charge in [-0.25, -0.2) is 9.37 Å². The average Bonchev–Trinajstić information content (AvgIpc) is 3.16. The molecule has 0 radical (unpaired) electrons. The van der Waals surface area contributed by atoms with Crippen molar-refractivity contribution in [1.82, 2.24) is 14.1 Å². The third kappa shape index (κ3) is 4.25. The molecule has 0 N–H and O–H groups in total. The summed E-state index contributed by atoms with van der Waals surface area (Å²) in [5, 5.41) is 0.636. The van der Waals surface area contributed by atoms with Crippen LogP contribution in [-0.2, 0) is 19.5 Å². The van der Waals surface area contributed by atoms with Crippen LogP contribution in [0, 0.1) is 12.7 Å². The number of halogens is 1. The van der Waals surface area contributed by atoms with Crippen molar-refractivity contribution in [1.29, 1.82) is 0 Å². The molecule has 5 aromatic rings. The van der Waals surface area contributed by atoms with Gasteiger partial charge in [-0.15, -0.1) is 0 Å². The molecule has 0 aliphatic rings. The van der Waals surface area contributed by atoms with E-state index in [9.17, 15) is 9.18 Å². The predicted molar refractivity (Wildman–Crippen MR) is 135 cm³/mol. The molecule has 0 aliphatic carbocycles. The molecule has 2 aromatic heterocycles. The van der Waals surface area contributed by atoms with Crippen LogP contribution >= 0.6 is 0 Å². The second-order valence-corrected chi connectivity index (χ2v) is 8.62. The van der Waals surface area contributed by atoms with E-state index in [1.165, 1.54) is 12.1 Å². The number of fused-ring (bicyclic) bond motifs is 3. The van der Waals surface area contributed by atoms with E-state index in [-0.39, 0.29) is 11.4 Å². The zero-order valence-corrected chi connectivity index (χ0v) is 19.9. The average molecular weight is 472 g/mol. The van der Waals surface area contributed by atoms with Crippen molar-refractivity contribution in [3.05, 3.63) is 99.9 Å². The molecule has 7 heteroatoms. The fraction of sp³-hybridized carbons (Fsp3) is 0.214. The van der Waals surface area contributed by atoms with Gasteiger partial charge < -0.3 is 14.0 Å². The molecule has 0 spiro atoms. The molecule has 35 heavy (non-hydrogen) atoms.